The van der Waals surface area contributed by atoms with E-state index in [1.807, 2.05) is 0 Å². The molecule has 0 aromatic heterocycles. The summed E-state index contributed by atoms with van der Waals surface area (Å²) in [4.78, 5) is 0. The van der Waals surface area contributed by atoms with E-state index in [9.17, 15) is 0 Å². The highest BCUT2D eigenvalue weighted by Crippen LogP contribution is 2.24. The van der Waals surface area contributed by atoms with Crippen LogP contribution in [0.5, 0.6) is 5.75 Å². The minimum Gasteiger partial charge on any atom is -0.496 e. The number of nitrogens with one attached hydrogen (secondary N) is 1. The first-order valence-electron chi connectivity index (χ1n) is 5.74. The van der Waals surface area contributed by atoms with E-state index in [-0.39, 0.29) is 0 Å². The molecule has 0 fully saturated rings. The molecule has 1 aromatic rings. The molecule has 90 valence electrons. The highest BCUT2D eigenvalue weighted by atomic mass is 16.5. The van der Waals surface area contributed by atoms with Gasteiger partial charge in [0, 0.05) is 13.1 Å². The number of hydrogen-bond acceptors (Lipinski definition) is 3. The van der Waals surface area contributed by atoms with E-state index in [0.717, 1.165) is 25.3 Å². The van der Waals surface area contributed by atoms with Gasteiger partial charge in [0.1, 0.15) is 5.75 Å². The topological polar surface area (TPSA) is 47.3 Å². The van der Waals surface area contributed by atoms with Crippen LogP contribution in [0, 0.1) is 13.8 Å². The van der Waals surface area contributed by atoms with Gasteiger partial charge in [-0.3, -0.25) is 0 Å². The van der Waals surface area contributed by atoms with Crippen LogP contribution in [0.3, 0.4) is 0 Å². The van der Waals surface area contributed by atoms with Crippen LogP contribution < -0.4 is 15.8 Å². The summed E-state index contributed by atoms with van der Waals surface area (Å²) in [5.41, 5.74) is 9.17. The van der Waals surface area contributed by atoms with Crippen molar-refractivity contribution in [1.82, 2.24) is 5.32 Å². The summed E-state index contributed by atoms with van der Waals surface area (Å²) in [6.45, 7) is 6.72. The average molecular weight is 222 g/mol. The summed E-state index contributed by atoms with van der Waals surface area (Å²) < 4.78 is 5.34. The molecule has 1 aromatic carbocycles. The Kier molecular flexibility index (Phi) is 5.29. The Labute approximate surface area is 98.0 Å². The van der Waals surface area contributed by atoms with E-state index < -0.39 is 0 Å². The molecule has 0 saturated heterocycles. The van der Waals surface area contributed by atoms with Crippen LogP contribution in [0.4, 0.5) is 0 Å². The third kappa shape index (κ3) is 3.51. The minimum atomic E-state index is 0.695. The maximum absolute atomic E-state index is 5.42. The molecule has 0 heterocycles. The van der Waals surface area contributed by atoms with Gasteiger partial charge in [-0.25, -0.2) is 0 Å². The van der Waals surface area contributed by atoms with Gasteiger partial charge in [-0.05, 0) is 43.5 Å². The molecule has 3 nitrogen and oxygen atoms in total. The Morgan fingerprint density at radius 1 is 1.19 bits per heavy atom. The second kappa shape index (κ2) is 6.51. The van der Waals surface area contributed by atoms with Crippen molar-refractivity contribution in [3.63, 3.8) is 0 Å². The minimum absolute atomic E-state index is 0.695. The second-order valence-electron chi connectivity index (χ2n) is 4.05. The molecule has 0 radical (unpaired) electrons. The smallest absolute Gasteiger partial charge is 0.124 e. The summed E-state index contributed by atoms with van der Waals surface area (Å²) in [5.74, 6) is 0.999. The molecule has 0 aliphatic heterocycles. The van der Waals surface area contributed by atoms with Crippen LogP contribution in [0.25, 0.3) is 0 Å². The van der Waals surface area contributed by atoms with E-state index in [4.69, 9.17) is 10.5 Å². The van der Waals surface area contributed by atoms with Gasteiger partial charge < -0.3 is 15.8 Å². The molecule has 0 bridgehead atoms. The zero-order valence-electron chi connectivity index (χ0n) is 10.5. The van der Waals surface area contributed by atoms with Crippen LogP contribution in [0.1, 0.15) is 16.7 Å². The molecule has 0 saturated carbocycles. The molecule has 0 spiro atoms. The van der Waals surface area contributed by atoms with Crippen molar-refractivity contribution in [3.8, 4) is 5.75 Å². The van der Waals surface area contributed by atoms with Gasteiger partial charge >= 0.3 is 0 Å². The Morgan fingerprint density at radius 2 is 1.81 bits per heavy atom. The van der Waals surface area contributed by atoms with E-state index in [2.05, 4.69) is 31.3 Å². The van der Waals surface area contributed by atoms with Crippen molar-refractivity contribution in [2.45, 2.75) is 20.3 Å². The number of nitrogens with two attached hydrogens (primary N) is 1. The molecule has 0 aliphatic carbocycles. The molecule has 1 rings (SSSR count). The van der Waals surface area contributed by atoms with Crippen LogP contribution in [-0.4, -0.2) is 26.7 Å². The molecular formula is C13H22N2O. The highest BCUT2D eigenvalue weighted by molar-refractivity contribution is 5.43. The lowest BCUT2D eigenvalue weighted by Gasteiger charge is -2.11. The van der Waals surface area contributed by atoms with Crippen LogP contribution in [0.15, 0.2) is 12.1 Å². The molecule has 3 heteroatoms. The van der Waals surface area contributed by atoms with Gasteiger partial charge in [-0.1, -0.05) is 12.1 Å². The lowest BCUT2D eigenvalue weighted by Crippen LogP contribution is -2.24. The number of rotatable bonds is 6. The quantitative estimate of drug-likeness (QED) is 0.715. The third-order valence-electron chi connectivity index (χ3n) is 2.64. The van der Waals surface area contributed by atoms with Gasteiger partial charge in [0.15, 0.2) is 0 Å². The number of ether oxygens (including phenoxy) is 1. The monoisotopic (exact) mass is 222 g/mol. The van der Waals surface area contributed by atoms with Gasteiger partial charge in [-0.15, -0.1) is 0 Å². The van der Waals surface area contributed by atoms with Crippen molar-refractivity contribution in [3.05, 3.63) is 28.8 Å². The number of aryl methyl sites for hydroxylation is 2. The largest absolute Gasteiger partial charge is 0.496 e. The first-order chi connectivity index (χ1) is 7.69. The Morgan fingerprint density at radius 3 is 2.31 bits per heavy atom. The Hall–Kier alpha value is -1.06. The van der Waals surface area contributed by atoms with E-state index in [1.54, 1.807) is 7.11 Å². The van der Waals surface area contributed by atoms with Crippen molar-refractivity contribution < 1.29 is 4.74 Å². The van der Waals surface area contributed by atoms with Crippen molar-refractivity contribution in [2.75, 3.05) is 26.7 Å². The third-order valence-corrected chi connectivity index (χ3v) is 2.64. The fraction of sp³-hybridized carbons (Fsp3) is 0.538. The highest BCUT2D eigenvalue weighted by Gasteiger charge is 2.04. The Balaban J connectivity index is 2.61. The maximum atomic E-state index is 5.42. The summed E-state index contributed by atoms with van der Waals surface area (Å²) in [5, 5.41) is 3.29. The van der Waals surface area contributed by atoms with E-state index in [0.29, 0.717) is 6.54 Å². The number of methoxy groups -OCH3 is 1. The van der Waals surface area contributed by atoms with Crippen LogP contribution in [-0.2, 0) is 6.42 Å². The molecular weight excluding hydrogens is 200 g/mol. The lowest BCUT2D eigenvalue weighted by atomic mass is 10.0. The second-order valence-corrected chi connectivity index (χ2v) is 4.05. The zero-order chi connectivity index (χ0) is 12.0. The van der Waals surface area contributed by atoms with Gasteiger partial charge in [0.25, 0.3) is 0 Å². The molecule has 0 atom stereocenters. The molecule has 16 heavy (non-hydrogen) atoms. The fourth-order valence-electron chi connectivity index (χ4n) is 1.97. The van der Waals surface area contributed by atoms with E-state index >= 15 is 0 Å². The van der Waals surface area contributed by atoms with Gasteiger partial charge in [0.05, 0.1) is 7.11 Å². The van der Waals surface area contributed by atoms with Crippen LogP contribution in [0.2, 0.25) is 0 Å². The van der Waals surface area contributed by atoms with E-state index in [1.165, 1.54) is 16.7 Å². The molecule has 0 amide bonds. The van der Waals surface area contributed by atoms with Crippen molar-refractivity contribution in [2.24, 2.45) is 5.73 Å². The summed E-state index contributed by atoms with van der Waals surface area (Å²) in [6.07, 6.45) is 1.03. The van der Waals surface area contributed by atoms with Crippen molar-refractivity contribution >= 4 is 0 Å². The maximum Gasteiger partial charge on any atom is 0.124 e. The average Bonchev–Trinajstić information content (AvgIpc) is 2.24. The fourth-order valence-corrected chi connectivity index (χ4v) is 1.97. The normalized spacial score (nSPS) is 10.5. The Bertz CT molecular complexity index is 314. The number of benzene rings is 1. The first-order valence-corrected chi connectivity index (χ1v) is 5.74. The van der Waals surface area contributed by atoms with Gasteiger partial charge in [-0.2, -0.15) is 0 Å². The zero-order valence-corrected chi connectivity index (χ0v) is 10.5. The molecule has 3 N–H and O–H groups in total. The van der Waals surface area contributed by atoms with Gasteiger partial charge in [0.2, 0.25) is 0 Å². The summed E-state index contributed by atoms with van der Waals surface area (Å²) in [7, 11) is 1.72. The predicted octanol–water partition coefficient (Wildman–Crippen LogP) is 1.40. The lowest BCUT2D eigenvalue weighted by molar-refractivity contribution is 0.408. The first kappa shape index (κ1) is 13.0. The number of hydrogen-bond donors (Lipinski definition) is 2. The predicted molar refractivity (Wildman–Crippen MR) is 68.1 cm³/mol. The molecule has 0 aliphatic rings. The van der Waals surface area contributed by atoms with Crippen molar-refractivity contribution in [1.29, 1.82) is 0 Å². The summed E-state index contributed by atoms with van der Waals surface area (Å²) in [6, 6.07) is 4.38. The SMILES string of the molecule is COc1c(C)cc(CCNCCN)cc1C. The summed E-state index contributed by atoms with van der Waals surface area (Å²) >= 11 is 0. The standard InChI is InChI=1S/C13H22N2O/c1-10-8-12(4-6-15-7-5-14)9-11(2)13(10)16-3/h8-9,15H,4-7,14H2,1-3H3. The molecule has 0 unspecified atom stereocenters. The van der Waals surface area contributed by atoms with Crippen LogP contribution >= 0.6 is 0 Å².